The summed E-state index contributed by atoms with van der Waals surface area (Å²) in [6.07, 6.45) is 1.12. The Balaban J connectivity index is 1.91. The average Bonchev–Trinajstić information content (AvgIpc) is 2.45. The maximum atomic E-state index is 12.9. The summed E-state index contributed by atoms with van der Waals surface area (Å²) in [5.41, 5.74) is -0.847. The van der Waals surface area contributed by atoms with Gasteiger partial charge in [-0.05, 0) is 40.5 Å². The number of likely N-dealkylation sites (tertiary alicyclic amines) is 1. The summed E-state index contributed by atoms with van der Waals surface area (Å²) in [6, 6.07) is 0.346. The predicted molar refractivity (Wildman–Crippen MR) is 89.2 cm³/mol. The van der Waals surface area contributed by atoms with E-state index in [4.69, 9.17) is 4.74 Å². The second-order valence-corrected chi connectivity index (χ2v) is 8.13. The fraction of sp³-hybridized carbons (Fsp3) is 0.882. The van der Waals surface area contributed by atoms with Crippen molar-refractivity contribution in [3.8, 4) is 0 Å². The number of carbonyl (C=O) groups excluding carboxylic acids is 2. The SMILES string of the molecule is CC1CN(C(=O)C2(C)CCN(C(=O)OC(C)(C)C)CC2)CCN1. The highest BCUT2D eigenvalue weighted by molar-refractivity contribution is 5.83. The van der Waals surface area contributed by atoms with E-state index in [2.05, 4.69) is 12.2 Å². The number of nitrogens with zero attached hydrogens (tertiary/aromatic N) is 2. The molecule has 6 heteroatoms. The zero-order valence-electron chi connectivity index (χ0n) is 15.1. The first-order valence-corrected chi connectivity index (χ1v) is 8.61. The van der Waals surface area contributed by atoms with E-state index in [-0.39, 0.29) is 17.4 Å². The zero-order chi connectivity index (χ0) is 17.3. The van der Waals surface area contributed by atoms with E-state index in [0.717, 1.165) is 19.6 Å². The van der Waals surface area contributed by atoms with Crippen molar-refractivity contribution in [1.29, 1.82) is 0 Å². The summed E-state index contributed by atoms with van der Waals surface area (Å²) < 4.78 is 5.42. The summed E-state index contributed by atoms with van der Waals surface area (Å²) in [5.74, 6) is 0.231. The zero-order valence-corrected chi connectivity index (χ0v) is 15.1. The van der Waals surface area contributed by atoms with Crippen LogP contribution in [0.25, 0.3) is 0 Å². The van der Waals surface area contributed by atoms with Gasteiger partial charge in [0.1, 0.15) is 5.60 Å². The lowest BCUT2D eigenvalue weighted by Crippen LogP contribution is -2.57. The molecule has 0 aliphatic carbocycles. The molecule has 1 N–H and O–H groups in total. The summed E-state index contributed by atoms with van der Waals surface area (Å²) in [4.78, 5) is 28.7. The fourth-order valence-electron chi connectivity index (χ4n) is 3.22. The highest BCUT2D eigenvalue weighted by Gasteiger charge is 2.41. The Morgan fingerprint density at radius 1 is 1.13 bits per heavy atom. The van der Waals surface area contributed by atoms with Gasteiger partial charge in [-0.25, -0.2) is 4.79 Å². The molecule has 0 aromatic rings. The second kappa shape index (κ2) is 6.67. The molecule has 0 aromatic carbocycles. The number of rotatable bonds is 1. The number of piperidine rings is 1. The van der Waals surface area contributed by atoms with E-state index in [9.17, 15) is 9.59 Å². The van der Waals surface area contributed by atoms with E-state index in [1.54, 1.807) is 4.90 Å². The van der Waals surface area contributed by atoms with Crippen LogP contribution in [0.4, 0.5) is 4.79 Å². The van der Waals surface area contributed by atoms with E-state index in [1.807, 2.05) is 32.6 Å². The normalized spacial score (nSPS) is 25.2. The molecule has 2 fully saturated rings. The highest BCUT2D eigenvalue weighted by atomic mass is 16.6. The minimum Gasteiger partial charge on any atom is -0.444 e. The molecule has 1 unspecified atom stereocenters. The number of hydrogen-bond acceptors (Lipinski definition) is 4. The average molecular weight is 325 g/mol. The number of amides is 2. The molecule has 132 valence electrons. The number of piperazine rings is 1. The van der Waals surface area contributed by atoms with E-state index in [1.165, 1.54) is 0 Å². The monoisotopic (exact) mass is 325 g/mol. The van der Waals surface area contributed by atoms with Gasteiger partial charge in [-0.3, -0.25) is 4.79 Å². The maximum Gasteiger partial charge on any atom is 0.410 e. The lowest BCUT2D eigenvalue weighted by Gasteiger charge is -2.43. The molecule has 23 heavy (non-hydrogen) atoms. The molecular formula is C17H31N3O3. The third kappa shape index (κ3) is 4.59. The lowest BCUT2D eigenvalue weighted by atomic mass is 9.79. The molecule has 2 rings (SSSR count). The molecule has 2 aliphatic heterocycles. The first-order valence-electron chi connectivity index (χ1n) is 8.61. The Morgan fingerprint density at radius 2 is 1.74 bits per heavy atom. The van der Waals surface area contributed by atoms with Crippen LogP contribution in [0.15, 0.2) is 0 Å². The van der Waals surface area contributed by atoms with Gasteiger partial charge in [0, 0.05) is 44.2 Å². The van der Waals surface area contributed by atoms with Crippen molar-refractivity contribution in [2.24, 2.45) is 5.41 Å². The highest BCUT2D eigenvalue weighted by Crippen LogP contribution is 2.33. The van der Waals surface area contributed by atoms with Gasteiger partial charge in [0.05, 0.1) is 0 Å². The Labute approximate surface area is 139 Å². The molecule has 0 aromatic heterocycles. The number of carbonyl (C=O) groups is 2. The van der Waals surface area contributed by atoms with Crippen LogP contribution in [0.5, 0.6) is 0 Å². The van der Waals surface area contributed by atoms with Gasteiger partial charge in [0.2, 0.25) is 5.91 Å². The molecule has 6 nitrogen and oxygen atoms in total. The van der Waals surface area contributed by atoms with Gasteiger partial charge >= 0.3 is 6.09 Å². The van der Waals surface area contributed by atoms with Gasteiger partial charge in [0.25, 0.3) is 0 Å². The molecule has 0 bridgehead atoms. The largest absolute Gasteiger partial charge is 0.444 e. The Kier molecular flexibility index (Phi) is 5.23. The first kappa shape index (κ1) is 18.0. The van der Waals surface area contributed by atoms with Crippen LogP contribution < -0.4 is 5.32 Å². The van der Waals surface area contributed by atoms with Crippen molar-refractivity contribution >= 4 is 12.0 Å². The van der Waals surface area contributed by atoms with Gasteiger partial charge < -0.3 is 19.9 Å². The van der Waals surface area contributed by atoms with Gasteiger partial charge in [-0.2, -0.15) is 0 Å². The van der Waals surface area contributed by atoms with Crippen molar-refractivity contribution in [3.63, 3.8) is 0 Å². The number of hydrogen-bond donors (Lipinski definition) is 1. The lowest BCUT2D eigenvalue weighted by molar-refractivity contribution is -0.145. The summed E-state index contributed by atoms with van der Waals surface area (Å²) in [5, 5.41) is 3.36. The van der Waals surface area contributed by atoms with Crippen LogP contribution in [-0.4, -0.2) is 66.2 Å². The van der Waals surface area contributed by atoms with Crippen molar-refractivity contribution in [1.82, 2.24) is 15.1 Å². The van der Waals surface area contributed by atoms with Crippen LogP contribution in [0.1, 0.15) is 47.5 Å². The Bertz CT molecular complexity index is 450. The molecule has 0 spiro atoms. The summed E-state index contributed by atoms with van der Waals surface area (Å²) in [7, 11) is 0. The van der Waals surface area contributed by atoms with Crippen LogP contribution in [0.3, 0.4) is 0 Å². The molecule has 1 atom stereocenters. The number of ether oxygens (including phenoxy) is 1. The summed E-state index contributed by atoms with van der Waals surface area (Å²) >= 11 is 0. The quantitative estimate of drug-likeness (QED) is 0.799. The smallest absolute Gasteiger partial charge is 0.410 e. The van der Waals surface area contributed by atoms with Gasteiger partial charge in [-0.15, -0.1) is 0 Å². The fourth-order valence-corrected chi connectivity index (χ4v) is 3.22. The molecular weight excluding hydrogens is 294 g/mol. The van der Waals surface area contributed by atoms with Crippen LogP contribution in [0, 0.1) is 5.41 Å². The van der Waals surface area contributed by atoms with E-state index in [0.29, 0.717) is 32.0 Å². The van der Waals surface area contributed by atoms with Crippen molar-refractivity contribution in [2.75, 3.05) is 32.7 Å². The predicted octanol–water partition coefficient (Wildman–Crippen LogP) is 1.84. The van der Waals surface area contributed by atoms with Gasteiger partial charge in [-0.1, -0.05) is 6.92 Å². The first-order chi connectivity index (χ1) is 10.6. The summed E-state index contributed by atoms with van der Waals surface area (Å²) in [6.45, 7) is 13.3. The van der Waals surface area contributed by atoms with Crippen LogP contribution >= 0.6 is 0 Å². The Hall–Kier alpha value is -1.30. The molecule has 0 saturated carbocycles. The van der Waals surface area contributed by atoms with Crippen LogP contribution in [-0.2, 0) is 9.53 Å². The van der Waals surface area contributed by atoms with Gasteiger partial charge in [0.15, 0.2) is 0 Å². The molecule has 2 heterocycles. The second-order valence-electron chi connectivity index (χ2n) is 8.13. The van der Waals surface area contributed by atoms with E-state index < -0.39 is 5.60 Å². The minimum atomic E-state index is -0.482. The molecule has 2 amide bonds. The molecule has 2 aliphatic rings. The third-order valence-electron chi connectivity index (χ3n) is 4.69. The van der Waals surface area contributed by atoms with Crippen molar-refractivity contribution < 1.29 is 14.3 Å². The minimum absolute atomic E-state index is 0.231. The van der Waals surface area contributed by atoms with E-state index >= 15 is 0 Å². The topological polar surface area (TPSA) is 61.9 Å². The maximum absolute atomic E-state index is 12.9. The Morgan fingerprint density at radius 3 is 2.26 bits per heavy atom. The third-order valence-corrected chi connectivity index (χ3v) is 4.69. The van der Waals surface area contributed by atoms with Crippen molar-refractivity contribution in [2.45, 2.75) is 59.1 Å². The standard InChI is InChI=1S/C17H31N3O3/c1-13-12-20(11-8-18-13)14(21)17(5)6-9-19(10-7-17)15(22)23-16(2,3)4/h13,18H,6-12H2,1-5H3. The van der Waals surface area contributed by atoms with Crippen LogP contribution in [0.2, 0.25) is 0 Å². The molecule has 0 radical (unpaired) electrons. The molecule has 2 saturated heterocycles. The van der Waals surface area contributed by atoms with Crippen molar-refractivity contribution in [3.05, 3.63) is 0 Å². The number of nitrogens with one attached hydrogen (secondary N) is 1.